The second kappa shape index (κ2) is 4.06. The summed E-state index contributed by atoms with van der Waals surface area (Å²) in [6.45, 7) is 3.90. The van der Waals surface area contributed by atoms with Gasteiger partial charge in [0.15, 0.2) is 0 Å². The quantitative estimate of drug-likeness (QED) is 0.879. The first kappa shape index (κ1) is 11.7. The van der Waals surface area contributed by atoms with Crippen molar-refractivity contribution in [3.05, 3.63) is 11.6 Å². The van der Waals surface area contributed by atoms with Crippen molar-refractivity contribution in [2.24, 2.45) is 0 Å². The van der Waals surface area contributed by atoms with Crippen molar-refractivity contribution in [1.29, 1.82) is 5.26 Å². The van der Waals surface area contributed by atoms with Gasteiger partial charge in [-0.3, -0.25) is 5.32 Å². The van der Waals surface area contributed by atoms with E-state index in [1.165, 1.54) is 12.8 Å². The summed E-state index contributed by atoms with van der Waals surface area (Å²) in [5, 5.41) is 17.4. The highest BCUT2D eigenvalue weighted by Gasteiger charge is 2.44. The number of hydrogen-bond acceptors (Lipinski definition) is 4. The Morgan fingerprint density at radius 1 is 1.39 bits per heavy atom. The molecule has 2 aliphatic carbocycles. The molecule has 3 rings (SSSR count). The Hall–Kier alpha value is -1.41. The third-order valence-electron chi connectivity index (χ3n) is 4.01. The molecule has 1 aromatic rings. The zero-order valence-electron chi connectivity index (χ0n) is 11.0. The van der Waals surface area contributed by atoms with Crippen LogP contribution in [-0.4, -0.2) is 26.3 Å². The predicted molar refractivity (Wildman–Crippen MR) is 66.9 cm³/mol. The molecule has 0 aromatic carbocycles. The van der Waals surface area contributed by atoms with Crippen LogP contribution in [0.25, 0.3) is 0 Å². The molecule has 0 saturated heterocycles. The fraction of sp³-hybridized carbons (Fsp3) is 0.769. The van der Waals surface area contributed by atoms with Crippen LogP contribution in [0.15, 0.2) is 0 Å². The Balaban J connectivity index is 1.77. The average Bonchev–Trinajstić information content (AvgIpc) is 2.93. The molecule has 1 heterocycles. The van der Waals surface area contributed by atoms with Gasteiger partial charge in [0.25, 0.3) is 0 Å². The molecule has 18 heavy (non-hydrogen) atoms. The number of nitrogens with zero attached hydrogens (tertiary/aromatic N) is 4. The molecule has 96 valence electrons. The summed E-state index contributed by atoms with van der Waals surface area (Å²) in [6, 6.07) is 3.39. The van der Waals surface area contributed by atoms with Gasteiger partial charge in [0.05, 0.1) is 12.1 Å². The minimum absolute atomic E-state index is 0.317. The minimum Gasteiger partial charge on any atom is -0.297 e. The van der Waals surface area contributed by atoms with Crippen LogP contribution in [0, 0.1) is 25.2 Å². The van der Waals surface area contributed by atoms with Gasteiger partial charge in [-0.15, -0.1) is 0 Å². The molecule has 2 atom stereocenters. The van der Waals surface area contributed by atoms with Crippen molar-refractivity contribution in [1.82, 2.24) is 20.1 Å². The number of aryl methyl sites for hydroxylation is 2. The van der Waals surface area contributed by atoms with Crippen molar-refractivity contribution in [3.63, 3.8) is 0 Å². The Bertz CT molecular complexity index is 496. The van der Waals surface area contributed by atoms with Crippen molar-refractivity contribution in [2.45, 2.75) is 63.6 Å². The van der Waals surface area contributed by atoms with Crippen LogP contribution in [0.1, 0.15) is 49.8 Å². The van der Waals surface area contributed by atoms with Crippen LogP contribution in [0.5, 0.6) is 0 Å². The number of hydrogen-bond donors (Lipinski definition) is 1. The van der Waals surface area contributed by atoms with Crippen molar-refractivity contribution < 1.29 is 0 Å². The van der Waals surface area contributed by atoms with E-state index >= 15 is 0 Å². The van der Waals surface area contributed by atoms with E-state index in [4.69, 9.17) is 0 Å². The molecular weight excluding hydrogens is 226 g/mol. The van der Waals surface area contributed by atoms with Gasteiger partial charge in [-0.05, 0) is 39.5 Å². The van der Waals surface area contributed by atoms with Crippen molar-refractivity contribution >= 4 is 0 Å². The minimum atomic E-state index is -0.335. The van der Waals surface area contributed by atoms with Crippen LogP contribution in [0.4, 0.5) is 0 Å². The van der Waals surface area contributed by atoms with Crippen molar-refractivity contribution in [3.8, 4) is 6.07 Å². The summed E-state index contributed by atoms with van der Waals surface area (Å²) in [7, 11) is 0. The topological polar surface area (TPSA) is 66.5 Å². The molecule has 0 bridgehead atoms. The number of nitriles is 1. The van der Waals surface area contributed by atoms with Crippen molar-refractivity contribution in [2.75, 3.05) is 0 Å². The van der Waals surface area contributed by atoms with Crippen LogP contribution in [-0.2, 0) is 0 Å². The fourth-order valence-electron chi connectivity index (χ4n) is 2.99. The lowest BCUT2D eigenvalue weighted by Crippen LogP contribution is -2.43. The fourth-order valence-corrected chi connectivity index (χ4v) is 2.99. The van der Waals surface area contributed by atoms with E-state index in [0.717, 1.165) is 30.9 Å². The first-order valence-corrected chi connectivity index (χ1v) is 6.71. The Kier molecular flexibility index (Phi) is 2.63. The Morgan fingerprint density at radius 2 is 2.17 bits per heavy atom. The molecule has 2 saturated carbocycles. The molecule has 2 aliphatic rings. The summed E-state index contributed by atoms with van der Waals surface area (Å²) >= 11 is 0. The van der Waals surface area contributed by atoms with Gasteiger partial charge >= 0.3 is 0 Å². The smallest absolute Gasteiger partial charge is 0.147 e. The van der Waals surface area contributed by atoms with E-state index in [1.807, 2.05) is 18.5 Å². The van der Waals surface area contributed by atoms with E-state index in [0.29, 0.717) is 12.1 Å². The Morgan fingerprint density at radius 3 is 2.72 bits per heavy atom. The summed E-state index contributed by atoms with van der Waals surface area (Å²) < 4.78 is 2.00. The first-order valence-electron chi connectivity index (χ1n) is 6.71. The van der Waals surface area contributed by atoms with Gasteiger partial charge in [-0.25, -0.2) is 9.67 Å². The lowest BCUT2D eigenvalue weighted by molar-refractivity contribution is 0.381. The average molecular weight is 245 g/mol. The second-order valence-corrected chi connectivity index (χ2v) is 5.66. The predicted octanol–water partition coefficient (Wildman–Crippen LogP) is 1.63. The SMILES string of the molecule is Cc1nc(C)n(C2CCC(C#N)(NC3CC3)C2)n1. The molecule has 5 nitrogen and oxygen atoms in total. The molecule has 2 unspecified atom stereocenters. The standard InChI is InChI=1S/C13H19N5/c1-9-15-10(2)18(17-9)12-5-6-13(7-12,8-14)16-11-3-4-11/h11-12,16H,3-7H2,1-2H3. The van der Waals surface area contributed by atoms with Crippen LogP contribution in [0.3, 0.4) is 0 Å². The summed E-state index contributed by atoms with van der Waals surface area (Å²) in [5.74, 6) is 1.77. The van der Waals surface area contributed by atoms with E-state index in [1.54, 1.807) is 0 Å². The lowest BCUT2D eigenvalue weighted by atomic mass is 9.99. The monoisotopic (exact) mass is 245 g/mol. The third-order valence-corrected chi connectivity index (χ3v) is 4.01. The Labute approximate surface area is 107 Å². The summed E-state index contributed by atoms with van der Waals surface area (Å²) in [6.07, 6.45) is 5.22. The summed E-state index contributed by atoms with van der Waals surface area (Å²) in [5.41, 5.74) is -0.335. The second-order valence-electron chi connectivity index (χ2n) is 5.66. The molecule has 1 aromatic heterocycles. The highest BCUT2D eigenvalue weighted by atomic mass is 15.4. The molecule has 0 amide bonds. The van der Waals surface area contributed by atoms with Crippen LogP contribution < -0.4 is 5.32 Å². The number of aromatic nitrogens is 3. The normalized spacial score (nSPS) is 31.5. The number of rotatable bonds is 3. The van der Waals surface area contributed by atoms with Crippen LogP contribution >= 0.6 is 0 Å². The maximum Gasteiger partial charge on any atom is 0.147 e. The van der Waals surface area contributed by atoms with Gasteiger partial charge in [-0.1, -0.05) is 0 Å². The van der Waals surface area contributed by atoms with Gasteiger partial charge < -0.3 is 0 Å². The molecule has 0 radical (unpaired) electrons. The number of nitrogens with one attached hydrogen (secondary N) is 1. The van der Waals surface area contributed by atoms with E-state index in [-0.39, 0.29) is 5.54 Å². The maximum atomic E-state index is 9.47. The first-order chi connectivity index (χ1) is 8.62. The highest BCUT2D eigenvalue weighted by molar-refractivity contribution is 5.15. The highest BCUT2D eigenvalue weighted by Crippen LogP contribution is 2.39. The molecule has 5 heteroatoms. The third kappa shape index (κ3) is 2.01. The van der Waals surface area contributed by atoms with Gasteiger partial charge in [0.2, 0.25) is 0 Å². The largest absolute Gasteiger partial charge is 0.297 e. The van der Waals surface area contributed by atoms with Gasteiger partial charge in [-0.2, -0.15) is 10.4 Å². The van der Waals surface area contributed by atoms with Crippen LogP contribution in [0.2, 0.25) is 0 Å². The molecule has 0 aliphatic heterocycles. The molecular formula is C13H19N5. The van der Waals surface area contributed by atoms with Gasteiger partial charge in [0.1, 0.15) is 17.2 Å². The summed E-state index contributed by atoms with van der Waals surface area (Å²) in [4.78, 5) is 4.35. The maximum absolute atomic E-state index is 9.47. The van der Waals surface area contributed by atoms with Gasteiger partial charge in [0, 0.05) is 12.5 Å². The molecule has 1 N–H and O–H groups in total. The van der Waals surface area contributed by atoms with E-state index in [2.05, 4.69) is 21.5 Å². The molecule has 0 spiro atoms. The zero-order valence-corrected chi connectivity index (χ0v) is 11.0. The zero-order chi connectivity index (χ0) is 12.8. The molecule has 2 fully saturated rings. The van der Waals surface area contributed by atoms with E-state index in [9.17, 15) is 5.26 Å². The lowest BCUT2D eigenvalue weighted by Gasteiger charge is -2.22. The van der Waals surface area contributed by atoms with E-state index < -0.39 is 0 Å².